The number of hydrogen-bond acceptors (Lipinski definition) is 1. The van der Waals surface area contributed by atoms with Crippen LogP contribution in [0.4, 0.5) is 0 Å². The average Bonchev–Trinajstić information content (AvgIpc) is 2.49. The van der Waals surface area contributed by atoms with E-state index in [1.165, 1.54) is 5.56 Å². The van der Waals surface area contributed by atoms with Crippen molar-refractivity contribution >= 4 is 5.91 Å². The molecule has 2 heteroatoms. The molecule has 0 aliphatic heterocycles. The van der Waals surface area contributed by atoms with Gasteiger partial charge in [-0.05, 0) is 36.6 Å². The third kappa shape index (κ3) is 3.35. The first-order valence-corrected chi connectivity index (χ1v) is 6.77. The minimum Gasteiger partial charge on any atom is -0.346 e. The molecule has 0 heterocycles. The maximum atomic E-state index is 12.2. The van der Waals surface area contributed by atoms with Crippen LogP contribution in [0.15, 0.2) is 67.3 Å². The fourth-order valence-corrected chi connectivity index (χ4v) is 2.25. The van der Waals surface area contributed by atoms with Gasteiger partial charge in [-0.3, -0.25) is 4.79 Å². The van der Waals surface area contributed by atoms with Gasteiger partial charge in [-0.1, -0.05) is 48.5 Å². The van der Waals surface area contributed by atoms with E-state index in [9.17, 15) is 4.79 Å². The largest absolute Gasteiger partial charge is 0.346 e. The van der Waals surface area contributed by atoms with Gasteiger partial charge < -0.3 is 5.32 Å². The van der Waals surface area contributed by atoms with E-state index in [4.69, 9.17) is 0 Å². The molecule has 2 nitrogen and oxygen atoms in total. The van der Waals surface area contributed by atoms with E-state index < -0.39 is 0 Å². The van der Waals surface area contributed by atoms with E-state index in [2.05, 4.69) is 24.0 Å². The van der Waals surface area contributed by atoms with Crippen LogP contribution in [0.2, 0.25) is 0 Å². The van der Waals surface area contributed by atoms with E-state index in [0.29, 0.717) is 5.56 Å². The molecule has 2 aromatic rings. The highest BCUT2D eigenvalue weighted by Gasteiger charge is 2.13. The molecule has 1 unspecified atom stereocenters. The molecule has 1 N–H and O–H groups in total. The number of nitrogens with one attached hydrogen (secondary N) is 1. The van der Waals surface area contributed by atoms with Gasteiger partial charge in [-0.25, -0.2) is 0 Å². The predicted octanol–water partition coefficient (Wildman–Crippen LogP) is 3.91. The Morgan fingerprint density at radius 2 is 1.80 bits per heavy atom. The third-order valence-corrected chi connectivity index (χ3v) is 3.27. The minimum atomic E-state index is -0.0495. The van der Waals surface area contributed by atoms with Gasteiger partial charge in [0.05, 0.1) is 6.04 Å². The van der Waals surface area contributed by atoms with Gasteiger partial charge in [0.15, 0.2) is 0 Å². The smallest absolute Gasteiger partial charge is 0.251 e. The number of carbonyl (C=O) groups excluding carboxylic acids is 1. The van der Waals surface area contributed by atoms with Crippen molar-refractivity contribution < 1.29 is 4.79 Å². The molecule has 0 saturated heterocycles. The summed E-state index contributed by atoms with van der Waals surface area (Å²) < 4.78 is 0. The van der Waals surface area contributed by atoms with Gasteiger partial charge in [-0.15, -0.1) is 6.58 Å². The minimum absolute atomic E-state index is 0.0288. The number of benzene rings is 2. The molecule has 0 spiro atoms. The second-order valence-electron chi connectivity index (χ2n) is 4.75. The Morgan fingerprint density at radius 1 is 1.15 bits per heavy atom. The first-order chi connectivity index (χ1) is 9.72. The Hall–Kier alpha value is -2.35. The summed E-state index contributed by atoms with van der Waals surface area (Å²) >= 11 is 0. The van der Waals surface area contributed by atoms with Crippen molar-refractivity contribution in [2.45, 2.75) is 19.4 Å². The van der Waals surface area contributed by atoms with Crippen LogP contribution in [0.5, 0.6) is 0 Å². The summed E-state index contributed by atoms with van der Waals surface area (Å²) in [6.45, 7) is 5.78. The van der Waals surface area contributed by atoms with E-state index >= 15 is 0 Å². The number of hydrogen-bond donors (Lipinski definition) is 1. The lowest BCUT2D eigenvalue weighted by atomic mass is 9.99. The average molecular weight is 265 g/mol. The lowest BCUT2D eigenvalue weighted by molar-refractivity contribution is 0.0940. The van der Waals surface area contributed by atoms with E-state index in [1.54, 1.807) is 0 Å². The Bertz CT molecular complexity index is 589. The highest BCUT2D eigenvalue weighted by Crippen LogP contribution is 2.19. The molecular formula is C18H19NO. The van der Waals surface area contributed by atoms with Gasteiger partial charge in [0, 0.05) is 5.56 Å². The molecule has 0 bridgehead atoms. The zero-order chi connectivity index (χ0) is 14.4. The van der Waals surface area contributed by atoms with Crippen molar-refractivity contribution in [3.63, 3.8) is 0 Å². The fraction of sp³-hybridized carbons (Fsp3) is 0.167. The molecule has 0 fully saturated rings. The van der Waals surface area contributed by atoms with Crippen LogP contribution in [0.1, 0.15) is 34.5 Å². The second kappa shape index (κ2) is 6.71. The van der Waals surface area contributed by atoms with Crippen LogP contribution >= 0.6 is 0 Å². The van der Waals surface area contributed by atoms with E-state index in [-0.39, 0.29) is 11.9 Å². The van der Waals surface area contributed by atoms with Crippen molar-refractivity contribution in [3.8, 4) is 0 Å². The van der Waals surface area contributed by atoms with Gasteiger partial charge >= 0.3 is 0 Å². The maximum absolute atomic E-state index is 12.2. The van der Waals surface area contributed by atoms with Gasteiger partial charge in [0.25, 0.3) is 5.91 Å². The fourth-order valence-electron chi connectivity index (χ4n) is 2.25. The molecular weight excluding hydrogens is 246 g/mol. The van der Waals surface area contributed by atoms with Crippen molar-refractivity contribution in [3.05, 3.63) is 83.9 Å². The van der Waals surface area contributed by atoms with Gasteiger partial charge in [0.2, 0.25) is 0 Å². The molecule has 102 valence electrons. The summed E-state index contributed by atoms with van der Waals surface area (Å²) in [6, 6.07) is 17.4. The highest BCUT2D eigenvalue weighted by molar-refractivity contribution is 5.94. The molecule has 0 aliphatic carbocycles. The molecule has 1 atom stereocenters. The second-order valence-corrected chi connectivity index (χ2v) is 4.75. The van der Waals surface area contributed by atoms with Crippen molar-refractivity contribution in [2.75, 3.05) is 0 Å². The van der Waals surface area contributed by atoms with Crippen molar-refractivity contribution in [2.24, 2.45) is 0 Å². The summed E-state index contributed by atoms with van der Waals surface area (Å²) in [6.07, 6.45) is 2.69. The normalized spacial score (nSPS) is 11.7. The molecule has 2 aromatic carbocycles. The van der Waals surface area contributed by atoms with Gasteiger partial charge in [-0.2, -0.15) is 0 Å². The standard InChI is InChI=1S/C18H19NO/c1-3-9-15-10-7-8-13-17(15)14(2)19-18(20)16-11-5-4-6-12-16/h3-8,10-14H,1,9H2,2H3,(H,19,20). The molecule has 2 rings (SSSR count). The Balaban J connectivity index is 2.14. The Morgan fingerprint density at radius 3 is 2.50 bits per heavy atom. The topological polar surface area (TPSA) is 29.1 Å². The zero-order valence-corrected chi connectivity index (χ0v) is 11.7. The first kappa shape index (κ1) is 14.1. The number of allylic oxidation sites excluding steroid dienone is 1. The third-order valence-electron chi connectivity index (χ3n) is 3.27. The summed E-state index contributed by atoms with van der Waals surface area (Å²) in [5, 5.41) is 3.04. The molecule has 20 heavy (non-hydrogen) atoms. The summed E-state index contributed by atoms with van der Waals surface area (Å²) in [4.78, 5) is 12.2. The lowest BCUT2D eigenvalue weighted by Gasteiger charge is -2.17. The monoisotopic (exact) mass is 265 g/mol. The van der Waals surface area contributed by atoms with Crippen LogP contribution < -0.4 is 5.32 Å². The van der Waals surface area contributed by atoms with E-state index in [1.807, 2.05) is 55.5 Å². The van der Waals surface area contributed by atoms with Crippen LogP contribution in [0.3, 0.4) is 0 Å². The highest BCUT2D eigenvalue weighted by atomic mass is 16.1. The van der Waals surface area contributed by atoms with Gasteiger partial charge in [0.1, 0.15) is 0 Å². The summed E-state index contributed by atoms with van der Waals surface area (Å²) in [5.41, 5.74) is 3.01. The van der Waals surface area contributed by atoms with Crippen LogP contribution in [0.25, 0.3) is 0 Å². The van der Waals surface area contributed by atoms with E-state index in [0.717, 1.165) is 12.0 Å². The zero-order valence-electron chi connectivity index (χ0n) is 11.7. The molecule has 0 aliphatic rings. The molecule has 0 aromatic heterocycles. The molecule has 0 saturated carbocycles. The maximum Gasteiger partial charge on any atom is 0.251 e. The number of carbonyl (C=O) groups is 1. The van der Waals surface area contributed by atoms with Crippen molar-refractivity contribution in [1.29, 1.82) is 0 Å². The van der Waals surface area contributed by atoms with Crippen LogP contribution in [0, 0.1) is 0 Å². The molecule has 1 amide bonds. The number of amides is 1. The summed E-state index contributed by atoms with van der Waals surface area (Å²) in [5.74, 6) is -0.0495. The Kier molecular flexibility index (Phi) is 4.72. The quantitative estimate of drug-likeness (QED) is 0.816. The summed E-state index contributed by atoms with van der Waals surface area (Å²) in [7, 11) is 0. The predicted molar refractivity (Wildman–Crippen MR) is 82.7 cm³/mol. The number of rotatable bonds is 5. The van der Waals surface area contributed by atoms with Crippen molar-refractivity contribution in [1.82, 2.24) is 5.32 Å². The SMILES string of the molecule is C=CCc1ccccc1C(C)NC(=O)c1ccccc1. The lowest BCUT2D eigenvalue weighted by Crippen LogP contribution is -2.27. The Labute approximate surface area is 120 Å². The first-order valence-electron chi connectivity index (χ1n) is 6.77. The van der Waals surface area contributed by atoms with Crippen LogP contribution in [-0.4, -0.2) is 5.91 Å². The molecule has 0 radical (unpaired) electrons. The van der Waals surface area contributed by atoms with Crippen LogP contribution in [-0.2, 0) is 6.42 Å².